The topological polar surface area (TPSA) is 87.8 Å². The van der Waals surface area contributed by atoms with Crippen LogP contribution in [-0.2, 0) is 11.3 Å². The molecular weight excluding hydrogens is 392 g/mol. The molecule has 0 radical (unpaired) electrons. The van der Waals surface area contributed by atoms with E-state index in [4.69, 9.17) is 11.6 Å². The lowest BCUT2D eigenvalue weighted by Gasteiger charge is -2.30. The van der Waals surface area contributed by atoms with Gasteiger partial charge in [-0.3, -0.25) is 19.8 Å². The van der Waals surface area contributed by atoms with Crippen LogP contribution in [0.5, 0.6) is 0 Å². The summed E-state index contributed by atoms with van der Waals surface area (Å²) in [6.07, 6.45) is 1.57. The van der Waals surface area contributed by atoms with Gasteiger partial charge in [0.2, 0.25) is 5.91 Å². The minimum Gasteiger partial charge on any atom is -0.299 e. The minimum absolute atomic E-state index is 0.0240. The summed E-state index contributed by atoms with van der Waals surface area (Å²) in [7, 11) is 0. The monoisotopic (exact) mass is 414 g/mol. The van der Waals surface area contributed by atoms with Crippen molar-refractivity contribution in [3.8, 4) is 0 Å². The van der Waals surface area contributed by atoms with Crippen LogP contribution in [0, 0.1) is 16.0 Å². The van der Waals surface area contributed by atoms with E-state index in [0.717, 1.165) is 43.1 Å². The number of amides is 1. The molecule has 1 fully saturated rings. The van der Waals surface area contributed by atoms with E-state index in [2.05, 4.69) is 15.4 Å². The zero-order valence-corrected chi connectivity index (χ0v) is 16.9. The summed E-state index contributed by atoms with van der Waals surface area (Å²) in [6, 6.07) is 13.9. The van der Waals surface area contributed by atoms with Gasteiger partial charge in [0.15, 0.2) is 0 Å². The van der Waals surface area contributed by atoms with Crippen molar-refractivity contribution in [3.05, 3.63) is 74.8 Å². The van der Waals surface area contributed by atoms with Gasteiger partial charge in [0.25, 0.3) is 5.69 Å². The Balaban J connectivity index is 1.48. The highest BCUT2D eigenvalue weighted by Gasteiger charge is 2.24. The van der Waals surface area contributed by atoms with Gasteiger partial charge >= 0.3 is 0 Å². The highest BCUT2D eigenvalue weighted by molar-refractivity contribution is 6.30. The van der Waals surface area contributed by atoms with Crippen LogP contribution < -0.4 is 5.43 Å². The highest BCUT2D eigenvalue weighted by Crippen LogP contribution is 2.20. The van der Waals surface area contributed by atoms with Crippen LogP contribution in [0.3, 0.4) is 0 Å². The Labute approximate surface area is 174 Å². The molecule has 0 atom stereocenters. The molecule has 0 aliphatic carbocycles. The van der Waals surface area contributed by atoms with E-state index >= 15 is 0 Å². The Morgan fingerprint density at radius 3 is 2.38 bits per heavy atom. The first-order chi connectivity index (χ1) is 13.9. The number of rotatable bonds is 6. The third kappa shape index (κ3) is 5.85. The molecular formula is C21H23ClN4O3. The van der Waals surface area contributed by atoms with Gasteiger partial charge in [-0.2, -0.15) is 5.10 Å². The molecule has 0 aromatic heterocycles. The Morgan fingerprint density at radius 2 is 1.79 bits per heavy atom. The maximum absolute atomic E-state index is 12.4. The number of hydrogen-bond donors (Lipinski definition) is 1. The smallest absolute Gasteiger partial charge is 0.269 e. The van der Waals surface area contributed by atoms with Crippen LogP contribution in [-0.4, -0.2) is 34.5 Å². The summed E-state index contributed by atoms with van der Waals surface area (Å²) < 4.78 is 0. The van der Waals surface area contributed by atoms with E-state index in [-0.39, 0.29) is 17.5 Å². The first-order valence-electron chi connectivity index (χ1n) is 9.48. The molecule has 29 heavy (non-hydrogen) atoms. The van der Waals surface area contributed by atoms with Gasteiger partial charge in [-0.1, -0.05) is 23.7 Å². The summed E-state index contributed by atoms with van der Waals surface area (Å²) >= 11 is 5.92. The van der Waals surface area contributed by atoms with Crippen molar-refractivity contribution in [1.82, 2.24) is 10.3 Å². The average molecular weight is 415 g/mol. The molecule has 7 nitrogen and oxygen atoms in total. The van der Waals surface area contributed by atoms with Crippen LogP contribution in [0.15, 0.2) is 53.6 Å². The van der Waals surface area contributed by atoms with Gasteiger partial charge in [0.05, 0.1) is 10.6 Å². The van der Waals surface area contributed by atoms with E-state index in [0.29, 0.717) is 5.71 Å². The second-order valence-electron chi connectivity index (χ2n) is 7.15. The summed E-state index contributed by atoms with van der Waals surface area (Å²) in [5.41, 5.74) is 5.21. The van der Waals surface area contributed by atoms with Crippen molar-refractivity contribution >= 4 is 28.9 Å². The number of nitrogens with one attached hydrogen (secondary N) is 1. The third-order valence-electron chi connectivity index (χ3n) is 5.11. The van der Waals surface area contributed by atoms with Crippen molar-refractivity contribution in [2.45, 2.75) is 26.3 Å². The van der Waals surface area contributed by atoms with Crippen LogP contribution in [0.25, 0.3) is 0 Å². The first-order valence-corrected chi connectivity index (χ1v) is 9.86. The molecule has 1 heterocycles. The fourth-order valence-corrected chi connectivity index (χ4v) is 3.45. The van der Waals surface area contributed by atoms with Crippen molar-refractivity contribution in [3.63, 3.8) is 0 Å². The third-order valence-corrected chi connectivity index (χ3v) is 5.36. The summed E-state index contributed by atoms with van der Waals surface area (Å²) in [4.78, 5) is 25.0. The standard InChI is InChI=1S/C21H23ClN4O3/c1-15(17-4-8-20(9-5-17)26(28)29)23-24-21(27)18-10-12-25(13-11-18)14-16-2-6-19(22)7-3-16/h2-9,18H,10-14H2,1H3,(H,24,27)/b23-15+. The normalized spacial score (nSPS) is 15.9. The lowest BCUT2D eigenvalue weighted by Crippen LogP contribution is -2.39. The van der Waals surface area contributed by atoms with E-state index in [1.807, 2.05) is 24.3 Å². The van der Waals surface area contributed by atoms with Crippen LogP contribution >= 0.6 is 11.6 Å². The van der Waals surface area contributed by atoms with E-state index in [9.17, 15) is 14.9 Å². The van der Waals surface area contributed by atoms with E-state index < -0.39 is 4.92 Å². The molecule has 2 aromatic rings. The number of non-ortho nitro benzene ring substituents is 1. The van der Waals surface area contributed by atoms with Crippen LogP contribution in [0.4, 0.5) is 5.69 Å². The van der Waals surface area contributed by atoms with Crippen molar-refractivity contribution in [2.75, 3.05) is 13.1 Å². The molecule has 1 aliphatic heterocycles. The second kappa shape index (κ2) is 9.62. The highest BCUT2D eigenvalue weighted by atomic mass is 35.5. The van der Waals surface area contributed by atoms with E-state index in [1.54, 1.807) is 19.1 Å². The Kier molecular flexibility index (Phi) is 6.95. The maximum atomic E-state index is 12.4. The Bertz CT molecular complexity index is 889. The molecule has 2 aromatic carbocycles. The van der Waals surface area contributed by atoms with Crippen LogP contribution in [0.1, 0.15) is 30.9 Å². The molecule has 1 amide bonds. The Morgan fingerprint density at radius 1 is 1.17 bits per heavy atom. The molecule has 8 heteroatoms. The largest absolute Gasteiger partial charge is 0.299 e. The number of piperidine rings is 1. The number of carbonyl (C=O) groups excluding carboxylic acids is 1. The number of halogens is 1. The number of carbonyl (C=O) groups is 1. The quantitative estimate of drug-likeness (QED) is 0.439. The molecule has 0 unspecified atom stereocenters. The number of benzene rings is 2. The molecule has 1 saturated heterocycles. The summed E-state index contributed by atoms with van der Waals surface area (Å²) in [6.45, 7) is 4.32. The molecule has 0 saturated carbocycles. The minimum atomic E-state index is -0.447. The molecule has 1 aliphatic rings. The van der Waals surface area contributed by atoms with Crippen molar-refractivity contribution in [2.24, 2.45) is 11.0 Å². The zero-order valence-electron chi connectivity index (χ0n) is 16.2. The molecule has 3 rings (SSSR count). The maximum Gasteiger partial charge on any atom is 0.269 e. The summed E-state index contributed by atoms with van der Waals surface area (Å²) in [5, 5.41) is 15.6. The predicted octanol–water partition coefficient (Wildman–Crippen LogP) is 4.00. The lowest BCUT2D eigenvalue weighted by molar-refractivity contribution is -0.384. The van der Waals surface area contributed by atoms with Crippen molar-refractivity contribution < 1.29 is 9.72 Å². The molecule has 0 spiro atoms. The first kappa shape index (κ1) is 21.0. The average Bonchev–Trinajstić information content (AvgIpc) is 2.74. The van der Waals surface area contributed by atoms with Gasteiger partial charge in [0.1, 0.15) is 0 Å². The molecule has 1 N–H and O–H groups in total. The SMILES string of the molecule is C/C(=N\NC(=O)C1CCN(Cc2ccc(Cl)cc2)CC1)c1ccc([N+](=O)[O-])cc1. The van der Waals surface area contributed by atoms with Gasteiger partial charge < -0.3 is 0 Å². The molecule has 152 valence electrons. The fourth-order valence-electron chi connectivity index (χ4n) is 3.32. The van der Waals surface area contributed by atoms with Gasteiger partial charge in [0, 0.05) is 29.6 Å². The molecule has 0 bridgehead atoms. The zero-order chi connectivity index (χ0) is 20.8. The fraction of sp³-hybridized carbons (Fsp3) is 0.333. The number of hydrazone groups is 1. The Hall–Kier alpha value is -2.77. The number of nitro benzene ring substituents is 1. The van der Waals surface area contributed by atoms with Crippen molar-refractivity contribution in [1.29, 1.82) is 0 Å². The van der Waals surface area contributed by atoms with Gasteiger partial charge in [-0.15, -0.1) is 0 Å². The second-order valence-corrected chi connectivity index (χ2v) is 7.59. The number of likely N-dealkylation sites (tertiary alicyclic amines) is 1. The number of hydrogen-bond acceptors (Lipinski definition) is 5. The number of nitrogens with zero attached hydrogens (tertiary/aromatic N) is 3. The summed E-state index contributed by atoms with van der Waals surface area (Å²) in [5.74, 6) is -0.151. The lowest BCUT2D eigenvalue weighted by atomic mass is 9.96. The van der Waals surface area contributed by atoms with Gasteiger partial charge in [-0.05, 0) is 68.2 Å². The number of nitro groups is 1. The van der Waals surface area contributed by atoms with Crippen LogP contribution in [0.2, 0.25) is 5.02 Å². The van der Waals surface area contributed by atoms with Gasteiger partial charge in [-0.25, -0.2) is 5.43 Å². The van der Waals surface area contributed by atoms with E-state index in [1.165, 1.54) is 17.7 Å². The predicted molar refractivity (Wildman–Crippen MR) is 113 cm³/mol.